The summed E-state index contributed by atoms with van der Waals surface area (Å²) in [5.74, 6) is 0. The van der Waals surface area contributed by atoms with E-state index in [4.69, 9.17) is 0 Å². The SMILES string of the molecule is O[C@H](CN1CCN(CC2(O)CCCCC2)CC1)c1ccccc1. The number of hydrogen-bond acceptors (Lipinski definition) is 4. The summed E-state index contributed by atoms with van der Waals surface area (Å²) < 4.78 is 0. The summed E-state index contributed by atoms with van der Waals surface area (Å²) in [7, 11) is 0. The lowest BCUT2D eigenvalue weighted by atomic mass is 9.84. The minimum absolute atomic E-state index is 0.412. The van der Waals surface area contributed by atoms with Crippen LogP contribution in [-0.2, 0) is 0 Å². The summed E-state index contributed by atoms with van der Waals surface area (Å²) in [5.41, 5.74) is 0.538. The van der Waals surface area contributed by atoms with E-state index >= 15 is 0 Å². The van der Waals surface area contributed by atoms with Gasteiger partial charge in [0.05, 0.1) is 11.7 Å². The molecule has 1 heterocycles. The standard InChI is InChI=1S/C19H30N2O2/c22-18(17-7-3-1-4-8-17)15-20-11-13-21(14-12-20)16-19(23)9-5-2-6-10-19/h1,3-4,7-8,18,22-23H,2,5-6,9-16H2/t18-/m1/s1. The molecular formula is C19H30N2O2. The second kappa shape index (κ2) is 7.75. The van der Waals surface area contributed by atoms with Crippen LogP contribution in [0.3, 0.4) is 0 Å². The Morgan fingerprint density at radius 3 is 2.17 bits per heavy atom. The molecule has 1 aliphatic heterocycles. The van der Waals surface area contributed by atoms with Gasteiger partial charge in [-0.2, -0.15) is 0 Å². The molecule has 1 saturated carbocycles. The number of benzene rings is 1. The van der Waals surface area contributed by atoms with Crippen molar-refractivity contribution in [2.75, 3.05) is 39.3 Å². The molecule has 1 atom stereocenters. The Morgan fingerprint density at radius 1 is 0.913 bits per heavy atom. The van der Waals surface area contributed by atoms with Gasteiger partial charge in [-0.3, -0.25) is 9.80 Å². The van der Waals surface area contributed by atoms with Gasteiger partial charge >= 0.3 is 0 Å². The van der Waals surface area contributed by atoms with E-state index in [-0.39, 0.29) is 0 Å². The van der Waals surface area contributed by atoms with Crippen molar-refractivity contribution in [3.8, 4) is 0 Å². The molecule has 0 aromatic heterocycles. The summed E-state index contributed by atoms with van der Waals surface area (Å²) in [6.07, 6.45) is 5.11. The van der Waals surface area contributed by atoms with Gasteiger partial charge < -0.3 is 10.2 Å². The molecule has 4 nitrogen and oxygen atoms in total. The van der Waals surface area contributed by atoms with E-state index in [1.807, 2.05) is 30.3 Å². The third-order valence-electron chi connectivity index (χ3n) is 5.38. The highest BCUT2D eigenvalue weighted by molar-refractivity contribution is 5.17. The molecular weight excluding hydrogens is 288 g/mol. The van der Waals surface area contributed by atoms with Crippen LogP contribution >= 0.6 is 0 Å². The molecule has 4 heteroatoms. The maximum atomic E-state index is 10.7. The highest BCUT2D eigenvalue weighted by atomic mass is 16.3. The van der Waals surface area contributed by atoms with Gasteiger partial charge in [0.25, 0.3) is 0 Å². The number of rotatable bonds is 5. The van der Waals surface area contributed by atoms with Crippen LogP contribution < -0.4 is 0 Å². The molecule has 0 amide bonds. The maximum Gasteiger partial charge on any atom is 0.0916 e. The van der Waals surface area contributed by atoms with Crippen LogP contribution in [0.15, 0.2) is 30.3 Å². The van der Waals surface area contributed by atoms with Crippen LogP contribution in [0, 0.1) is 0 Å². The molecule has 128 valence electrons. The molecule has 2 fully saturated rings. The number of aliphatic hydroxyl groups is 2. The van der Waals surface area contributed by atoms with Crippen LogP contribution in [0.1, 0.15) is 43.8 Å². The second-order valence-electron chi connectivity index (χ2n) is 7.29. The molecule has 0 unspecified atom stereocenters. The average Bonchev–Trinajstić information content (AvgIpc) is 2.58. The van der Waals surface area contributed by atoms with Crippen molar-refractivity contribution in [3.63, 3.8) is 0 Å². The molecule has 0 spiro atoms. The van der Waals surface area contributed by atoms with E-state index in [9.17, 15) is 10.2 Å². The molecule has 1 aromatic carbocycles. The molecule has 1 aromatic rings. The minimum atomic E-state index is -0.454. The first-order valence-corrected chi connectivity index (χ1v) is 9.05. The number of aliphatic hydroxyl groups excluding tert-OH is 1. The van der Waals surface area contributed by atoms with E-state index in [2.05, 4.69) is 9.80 Å². The van der Waals surface area contributed by atoms with Crippen LogP contribution in [0.4, 0.5) is 0 Å². The number of nitrogens with zero attached hydrogens (tertiary/aromatic N) is 2. The minimum Gasteiger partial charge on any atom is -0.389 e. The largest absolute Gasteiger partial charge is 0.389 e. The van der Waals surface area contributed by atoms with E-state index in [0.29, 0.717) is 6.54 Å². The molecule has 2 N–H and O–H groups in total. The van der Waals surface area contributed by atoms with Gasteiger partial charge in [-0.1, -0.05) is 49.6 Å². The van der Waals surface area contributed by atoms with Crippen molar-refractivity contribution in [1.82, 2.24) is 9.80 Å². The summed E-state index contributed by atoms with van der Waals surface area (Å²) in [6, 6.07) is 9.90. The quantitative estimate of drug-likeness (QED) is 0.872. The van der Waals surface area contributed by atoms with Crippen LogP contribution in [0.25, 0.3) is 0 Å². The highest BCUT2D eigenvalue weighted by Crippen LogP contribution is 2.29. The summed E-state index contributed by atoms with van der Waals surface area (Å²) in [5, 5.41) is 21.0. The third kappa shape index (κ3) is 4.77. The summed E-state index contributed by atoms with van der Waals surface area (Å²) in [4.78, 5) is 4.73. The van der Waals surface area contributed by atoms with Crippen molar-refractivity contribution >= 4 is 0 Å². The van der Waals surface area contributed by atoms with E-state index in [1.54, 1.807) is 0 Å². The van der Waals surface area contributed by atoms with Gasteiger partial charge in [-0.25, -0.2) is 0 Å². The third-order valence-corrected chi connectivity index (χ3v) is 5.38. The number of piperazine rings is 1. The summed E-state index contributed by atoms with van der Waals surface area (Å²) >= 11 is 0. The Kier molecular flexibility index (Phi) is 5.70. The monoisotopic (exact) mass is 318 g/mol. The Balaban J connectivity index is 1.43. The van der Waals surface area contributed by atoms with Gasteiger partial charge in [0.2, 0.25) is 0 Å². The Labute approximate surface area is 139 Å². The molecule has 0 radical (unpaired) electrons. The fourth-order valence-electron chi connectivity index (χ4n) is 3.94. The van der Waals surface area contributed by atoms with Crippen LogP contribution in [0.2, 0.25) is 0 Å². The van der Waals surface area contributed by atoms with E-state index in [1.165, 1.54) is 19.3 Å². The van der Waals surface area contributed by atoms with Crippen LogP contribution in [-0.4, -0.2) is 64.9 Å². The van der Waals surface area contributed by atoms with Gasteiger partial charge in [-0.05, 0) is 18.4 Å². The Bertz CT molecular complexity index is 466. The van der Waals surface area contributed by atoms with E-state index < -0.39 is 11.7 Å². The van der Waals surface area contributed by atoms with Crippen molar-refractivity contribution in [2.45, 2.75) is 43.8 Å². The molecule has 1 aliphatic carbocycles. The second-order valence-corrected chi connectivity index (χ2v) is 7.29. The summed E-state index contributed by atoms with van der Waals surface area (Å²) in [6.45, 7) is 5.44. The van der Waals surface area contributed by atoms with Crippen molar-refractivity contribution in [2.24, 2.45) is 0 Å². The van der Waals surface area contributed by atoms with Gasteiger partial charge in [0.15, 0.2) is 0 Å². The molecule has 2 aliphatic rings. The molecule has 1 saturated heterocycles. The zero-order valence-electron chi connectivity index (χ0n) is 14.0. The normalized spacial score (nSPS) is 24.4. The predicted molar refractivity (Wildman–Crippen MR) is 92.3 cm³/mol. The van der Waals surface area contributed by atoms with Gasteiger partial charge in [0.1, 0.15) is 0 Å². The fourth-order valence-corrected chi connectivity index (χ4v) is 3.94. The lowest BCUT2D eigenvalue weighted by Crippen LogP contribution is -2.52. The average molecular weight is 318 g/mol. The first-order chi connectivity index (χ1) is 11.1. The maximum absolute atomic E-state index is 10.7. The number of hydrogen-bond donors (Lipinski definition) is 2. The Morgan fingerprint density at radius 2 is 1.52 bits per heavy atom. The lowest BCUT2D eigenvalue weighted by molar-refractivity contribution is -0.0379. The zero-order chi connectivity index (χ0) is 16.1. The lowest BCUT2D eigenvalue weighted by Gasteiger charge is -2.41. The molecule has 23 heavy (non-hydrogen) atoms. The molecule has 0 bridgehead atoms. The molecule has 3 rings (SSSR count). The van der Waals surface area contributed by atoms with Gasteiger partial charge in [-0.15, -0.1) is 0 Å². The van der Waals surface area contributed by atoms with E-state index in [0.717, 1.165) is 51.1 Å². The van der Waals surface area contributed by atoms with Crippen molar-refractivity contribution < 1.29 is 10.2 Å². The van der Waals surface area contributed by atoms with Crippen LogP contribution in [0.5, 0.6) is 0 Å². The van der Waals surface area contributed by atoms with Crippen molar-refractivity contribution in [3.05, 3.63) is 35.9 Å². The topological polar surface area (TPSA) is 46.9 Å². The van der Waals surface area contributed by atoms with Crippen molar-refractivity contribution in [1.29, 1.82) is 0 Å². The number of β-amino-alcohol motifs (C(OH)–C–C–N with tert-alkyl or cyclic N) is 2. The smallest absolute Gasteiger partial charge is 0.0916 e. The predicted octanol–water partition coefficient (Wildman–Crippen LogP) is 2.03. The highest BCUT2D eigenvalue weighted by Gasteiger charge is 2.32. The fraction of sp³-hybridized carbons (Fsp3) is 0.684. The first-order valence-electron chi connectivity index (χ1n) is 9.05. The zero-order valence-corrected chi connectivity index (χ0v) is 14.0. The first kappa shape index (κ1) is 16.9. The Hall–Kier alpha value is -0.940. The van der Waals surface area contributed by atoms with Gasteiger partial charge in [0, 0.05) is 39.3 Å².